The minimum atomic E-state index is -1.57. The number of aryl methyl sites for hydroxylation is 3. The molecule has 0 aliphatic carbocycles. The molecule has 0 bridgehead atoms. The Kier molecular flexibility index (Phi) is 30.4. The molecule has 2 spiro atoms. The molecule has 0 radical (unpaired) electrons. The molecule has 0 N–H and O–H groups in total. The molecule has 0 saturated carbocycles. The highest BCUT2D eigenvalue weighted by molar-refractivity contribution is 7.43. The van der Waals surface area contributed by atoms with Crippen molar-refractivity contribution >= 4 is 43.4 Å². The van der Waals surface area contributed by atoms with Crippen molar-refractivity contribution in [2.75, 3.05) is 66.6 Å². The summed E-state index contributed by atoms with van der Waals surface area (Å²) in [5.74, 6) is 42.0. The predicted octanol–water partition coefficient (Wildman–Crippen LogP) is 22.2. The van der Waals surface area contributed by atoms with Crippen LogP contribution >= 0.6 is 43.4 Å². The predicted molar refractivity (Wildman–Crippen MR) is 425 cm³/mol. The standard InChI is InChI=1S/C35H54O6P2.C24H12O6P2.C17H29O2P.18H2/c1-23-15-25(31(3,4)5)29(26(16-23)32(6,7)8)40-42-36-19-35(20-37-42)21-38-43(39-22-35)41-30-27(33(9,10)11)17-24(2)18-28(30)34(12,13)14;1-3-4-5-6-7-8-9-10-11-12-13-14-15-16-17-18-19-26-32-29-22-24(23-30-32)20-27-31(25-2)28-21-24;1-9-18-20-19-15-12(2)10-13(16(3,4)5)11-14(15)17(6,7)8;;;;;;;;;;;;;;;;;;/h15-18H,19-22H2,1-14H3;1H,20-23H2,2H3;10-11,20H,9H2,1-8H3;18*1H. The van der Waals surface area contributed by atoms with Gasteiger partial charge in [0.25, 0.3) is 0 Å². The van der Waals surface area contributed by atoms with Crippen LogP contribution in [0.1, 0.15) is 207 Å². The Morgan fingerprint density at radius 1 is 0.421 bits per heavy atom. The Morgan fingerprint density at radius 3 is 1.03 bits per heavy atom. The Labute approximate surface area is 603 Å². The minimum Gasteiger partial charge on any atom is -0.449 e. The number of terminal acetylenes is 1. The van der Waals surface area contributed by atoms with Gasteiger partial charge in [0.05, 0.1) is 70.3 Å². The third-order valence-corrected chi connectivity index (χ3v) is 19.0. The number of hydrogen-bond acceptors (Lipinski definition) is 14. The third kappa shape index (κ3) is 25.8. The van der Waals surface area contributed by atoms with Gasteiger partial charge in [0.2, 0.25) is 9.03 Å². The largest absolute Gasteiger partial charge is 0.449 e. The summed E-state index contributed by atoms with van der Waals surface area (Å²) >= 11 is 0. The molecule has 1 atom stereocenters. The quantitative estimate of drug-likeness (QED) is 0.108. The highest BCUT2D eigenvalue weighted by Gasteiger charge is 2.47. The SMILES string of the molecule is C#CC#CC#CC#CC#CC#CC#CC#CC#COP1OCC2(COP(OC)OC2)CO1.CCOPOc1c(C)cc(C(C)(C)C)cc1C(C)(C)C.Cc1cc(C(C)(C)C)c(OP2OCC3(CO2)COP(Oc2c(C(C)(C)C)cc(C)cc2C(C)(C)C)OC3)c(C(C)(C)C)c1.[HH].[HH].[HH].[HH].[HH].[HH].[HH].[HH].[HH].[HH].[HH].[HH].[HH].[HH].[HH].[HH].[HH].[HH]. The molecule has 95 heavy (non-hydrogen) atoms. The monoisotopic (exact) mass is 1420 g/mol. The molecule has 14 nitrogen and oxygen atoms in total. The second-order valence-electron chi connectivity index (χ2n) is 29.3. The first kappa shape index (κ1) is 80.3. The summed E-state index contributed by atoms with van der Waals surface area (Å²) in [5, 5.41) is 0. The van der Waals surface area contributed by atoms with Gasteiger partial charge in [0, 0.05) is 108 Å². The van der Waals surface area contributed by atoms with Crippen LogP contribution in [-0.4, -0.2) is 66.6 Å². The summed E-state index contributed by atoms with van der Waals surface area (Å²) < 4.78 is 81.8. The molecule has 0 aromatic heterocycles. The van der Waals surface area contributed by atoms with Gasteiger partial charge in [-0.1, -0.05) is 172 Å². The number of rotatable bonds is 10. The summed E-state index contributed by atoms with van der Waals surface area (Å²) in [6, 6.07) is 13.4. The fourth-order valence-electron chi connectivity index (χ4n) is 9.11. The molecule has 4 fully saturated rings. The molecule has 4 heterocycles. The average Bonchev–Trinajstić information content (AvgIpc) is 0.777. The Morgan fingerprint density at radius 2 is 0.726 bits per heavy atom. The third-order valence-electron chi connectivity index (χ3n) is 14.4. The van der Waals surface area contributed by atoms with E-state index in [0.29, 0.717) is 59.5 Å². The van der Waals surface area contributed by atoms with Gasteiger partial charge in [-0.25, -0.2) is 0 Å². The summed E-state index contributed by atoms with van der Waals surface area (Å²) in [6.45, 7) is 52.5. The van der Waals surface area contributed by atoms with E-state index in [9.17, 15) is 0 Å². The lowest BCUT2D eigenvalue weighted by Gasteiger charge is -2.42. The van der Waals surface area contributed by atoms with E-state index in [0.717, 1.165) is 17.2 Å². The van der Waals surface area contributed by atoms with Gasteiger partial charge in [0.15, 0.2) is 0 Å². The Balaban J connectivity index is -0.000000106. The van der Waals surface area contributed by atoms with Crippen molar-refractivity contribution < 1.29 is 89.0 Å². The van der Waals surface area contributed by atoms with Crippen molar-refractivity contribution in [2.24, 2.45) is 10.8 Å². The van der Waals surface area contributed by atoms with Crippen LogP contribution in [0.4, 0.5) is 0 Å². The fourth-order valence-corrected chi connectivity index (χ4v) is 14.3. The van der Waals surface area contributed by atoms with Crippen LogP contribution < -0.4 is 13.6 Å². The van der Waals surface area contributed by atoms with E-state index >= 15 is 0 Å². The van der Waals surface area contributed by atoms with Crippen LogP contribution in [0.15, 0.2) is 36.4 Å². The second kappa shape index (κ2) is 35.9. The maximum atomic E-state index is 6.58. The van der Waals surface area contributed by atoms with Gasteiger partial charge >= 0.3 is 34.4 Å². The molecule has 3 aromatic carbocycles. The zero-order valence-electron chi connectivity index (χ0n) is 59.9. The van der Waals surface area contributed by atoms with E-state index in [4.69, 9.17) is 69.8 Å². The molecular weight excluding hydrogens is 1290 g/mol. The van der Waals surface area contributed by atoms with E-state index in [-0.39, 0.29) is 72.6 Å². The highest BCUT2D eigenvalue weighted by Crippen LogP contribution is 2.57. The Hall–Kier alpha value is -5.35. The fraction of sp³-hybridized carbons (Fsp3) is 0.526. The maximum absolute atomic E-state index is 6.58. The molecule has 4 saturated heterocycles. The van der Waals surface area contributed by atoms with Gasteiger partial charge in [-0.05, 0) is 119 Å². The lowest BCUT2D eigenvalue weighted by Crippen LogP contribution is -2.45. The van der Waals surface area contributed by atoms with Crippen molar-refractivity contribution in [1.82, 2.24) is 0 Å². The molecule has 544 valence electrons. The van der Waals surface area contributed by atoms with Crippen LogP contribution in [0, 0.1) is 139 Å². The zero-order chi connectivity index (χ0) is 70.5. The van der Waals surface area contributed by atoms with Crippen LogP contribution in [-0.2, 0) is 82.3 Å². The van der Waals surface area contributed by atoms with E-state index in [1.165, 1.54) is 57.2 Å². The van der Waals surface area contributed by atoms with Crippen LogP contribution in [0.2, 0.25) is 0 Å². The van der Waals surface area contributed by atoms with Crippen molar-refractivity contribution in [3.8, 4) is 125 Å². The summed E-state index contributed by atoms with van der Waals surface area (Å²) in [6.07, 6.45) is 7.35. The van der Waals surface area contributed by atoms with Crippen LogP contribution in [0.5, 0.6) is 17.2 Å². The first-order valence-electron chi connectivity index (χ1n) is 31.2. The van der Waals surface area contributed by atoms with E-state index < -0.39 is 39.8 Å². The van der Waals surface area contributed by atoms with E-state index in [2.05, 4.69) is 283 Å². The molecule has 19 heteroatoms. The molecule has 4 aliphatic heterocycles. The first-order chi connectivity index (χ1) is 44.4. The van der Waals surface area contributed by atoms with Crippen LogP contribution in [0.3, 0.4) is 0 Å². The summed E-state index contributed by atoms with van der Waals surface area (Å²) in [5.41, 5.74) is 10.0. The van der Waals surface area contributed by atoms with E-state index in [1.54, 1.807) is 0 Å². The normalized spacial score (nSPS) is 20.9. The molecule has 1 unspecified atom stereocenters. The van der Waals surface area contributed by atoms with Crippen molar-refractivity contribution in [3.05, 3.63) is 86.5 Å². The van der Waals surface area contributed by atoms with Crippen molar-refractivity contribution in [1.29, 1.82) is 0 Å². The number of hydrogen-bond donors (Lipinski definition) is 0. The Bertz CT molecular complexity index is 3600. The molecular formula is C76H131O14P5. The van der Waals surface area contributed by atoms with Gasteiger partial charge in [-0.2, -0.15) is 0 Å². The lowest BCUT2D eigenvalue weighted by molar-refractivity contribution is -0.0712. The first-order valence-corrected chi connectivity index (χ1v) is 36.4. The second-order valence-corrected chi connectivity index (χ2v) is 34.8. The molecule has 3 aromatic rings. The molecule has 7 rings (SSSR count). The van der Waals surface area contributed by atoms with Gasteiger partial charge in [-0.3, -0.25) is 0 Å². The van der Waals surface area contributed by atoms with Crippen molar-refractivity contribution in [2.45, 2.75) is 185 Å². The topological polar surface area (TPSA) is 129 Å². The minimum absolute atomic E-state index is 0. The van der Waals surface area contributed by atoms with Gasteiger partial charge in [0.1, 0.15) is 23.4 Å². The highest BCUT2D eigenvalue weighted by atomic mass is 31.2. The summed E-state index contributed by atoms with van der Waals surface area (Å²) in [7, 11) is -4.36. The van der Waals surface area contributed by atoms with Gasteiger partial charge in [-0.15, -0.1) is 6.42 Å². The number of benzene rings is 3. The molecule has 4 aliphatic rings. The van der Waals surface area contributed by atoms with Gasteiger partial charge < -0.3 is 63.3 Å². The zero-order valence-corrected chi connectivity index (χ0v) is 64.5. The average molecular weight is 1420 g/mol. The van der Waals surface area contributed by atoms with Crippen molar-refractivity contribution in [3.63, 3.8) is 0 Å². The van der Waals surface area contributed by atoms with E-state index in [1.807, 2.05) is 6.92 Å². The smallest absolute Gasteiger partial charge is 0.406 e. The maximum Gasteiger partial charge on any atom is 0.406 e. The molecule has 0 amide bonds. The lowest BCUT2D eigenvalue weighted by atomic mass is 9.78. The van der Waals surface area contributed by atoms with Crippen LogP contribution in [0.25, 0.3) is 0 Å². The summed E-state index contributed by atoms with van der Waals surface area (Å²) in [4.78, 5) is 0.